The van der Waals surface area contributed by atoms with Gasteiger partial charge in [-0.2, -0.15) is 0 Å². The first-order valence-electron chi connectivity index (χ1n) is 9.60. The van der Waals surface area contributed by atoms with Crippen molar-refractivity contribution in [2.24, 2.45) is 0 Å². The minimum atomic E-state index is -3.44. The number of allylic oxidation sites excluding steroid dienone is 1. The molecule has 0 aromatic heterocycles. The van der Waals surface area contributed by atoms with Gasteiger partial charge in [-0.15, -0.1) is 0 Å². The predicted molar refractivity (Wildman–Crippen MR) is 123 cm³/mol. The van der Waals surface area contributed by atoms with Gasteiger partial charge in [-0.25, -0.2) is 8.42 Å². The number of halogens is 1. The van der Waals surface area contributed by atoms with Crippen LogP contribution in [0.1, 0.15) is 45.1 Å². The van der Waals surface area contributed by atoms with Crippen molar-refractivity contribution < 1.29 is 28.5 Å². The highest BCUT2D eigenvalue weighted by atomic mass is 127. The van der Waals surface area contributed by atoms with Crippen LogP contribution in [0.4, 0.5) is 0 Å². The van der Waals surface area contributed by atoms with E-state index < -0.39 is 27.8 Å². The Morgan fingerprint density at radius 3 is 2.69 bits per heavy atom. The van der Waals surface area contributed by atoms with Crippen LogP contribution in [0.2, 0.25) is 0 Å². The van der Waals surface area contributed by atoms with Crippen LogP contribution in [-0.4, -0.2) is 54.6 Å². The van der Waals surface area contributed by atoms with Crippen molar-refractivity contribution >= 4 is 38.5 Å². The monoisotopic (exact) mass is 536 g/mol. The van der Waals surface area contributed by atoms with E-state index in [-0.39, 0.29) is 11.5 Å². The number of aliphatic hydroxyl groups is 2. The second-order valence-electron chi connectivity index (χ2n) is 7.39. The normalized spacial score (nSPS) is 20.2. The second-order valence-corrected chi connectivity index (χ2v) is 10.7. The lowest BCUT2D eigenvalue weighted by molar-refractivity contribution is 0.188. The van der Waals surface area contributed by atoms with E-state index in [1.165, 1.54) is 7.11 Å². The van der Waals surface area contributed by atoms with E-state index in [1.807, 2.05) is 48.6 Å². The molecular formula is C21H29IO6S. The van der Waals surface area contributed by atoms with E-state index in [1.54, 1.807) is 6.07 Å². The highest BCUT2D eigenvalue weighted by Crippen LogP contribution is 2.35. The van der Waals surface area contributed by atoms with Crippen LogP contribution < -0.4 is 4.74 Å². The summed E-state index contributed by atoms with van der Waals surface area (Å²) in [5.41, 5.74) is 3.12. The average Bonchev–Trinajstić information content (AvgIpc) is 2.92. The molecule has 0 saturated heterocycles. The number of benzene rings is 1. The molecule has 0 unspecified atom stereocenters. The zero-order chi connectivity index (χ0) is 21.8. The summed E-state index contributed by atoms with van der Waals surface area (Å²) in [6.45, 7) is 3.41. The fourth-order valence-corrected chi connectivity index (χ4v) is 6.30. The predicted octanol–water partition coefficient (Wildman–Crippen LogP) is 3.44. The molecule has 2 rings (SSSR count). The van der Waals surface area contributed by atoms with Crippen molar-refractivity contribution in [3.63, 3.8) is 0 Å². The molecule has 1 aliphatic heterocycles. The Balaban J connectivity index is 2.16. The highest BCUT2D eigenvalue weighted by molar-refractivity contribution is 14.1. The van der Waals surface area contributed by atoms with E-state index in [2.05, 4.69) is 0 Å². The number of hydrogen-bond donors (Lipinski definition) is 3. The first-order valence-corrected chi connectivity index (χ1v) is 12.4. The van der Waals surface area contributed by atoms with Crippen LogP contribution in [0.3, 0.4) is 0 Å². The van der Waals surface area contributed by atoms with Crippen LogP contribution in [0.25, 0.3) is 6.08 Å². The van der Waals surface area contributed by atoms with Gasteiger partial charge in [0.25, 0.3) is 0 Å². The molecule has 0 fully saturated rings. The molecule has 8 heteroatoms. The lowest BCUT2D eigenvalue weighted by Crippen LogP contribution is -2.29. The van der Waals surface area contributed by atoms with E-state index >= 15 is 0 Å². The number of aliphatic hydroxyl groups excluding tert-OH is 2. The number of methoxy groups -OCH3 is 1. The maximum Gasteiger partial charge on any atom is 0.171 e. The molecule has 1 aromatic rings. The van der Waals surface area contributed by atoms with Gasteiger partial charge in [0, 0.05) is 0 Å². The highest BCUT2D eigenvalue weighted by Gasteiger charge is 2.40. The molecule has 0 bridgehead atoms. The summed E-state index contributed by atoms with van der Waals surface area (Å²) in [6.07, 6.45) is 3.41. The lowest BCUT2D eigenvalue weighted by atomic mass is 9.93. The third kappa shape index (κ3) is 5.74. The van der Waals surface area contributed by atoms with Crippen molar-refractivity contribution in [3.8, 4) is 11.5 Å². The third-order valence-corrected chi connectivity index (χ3v) is 7.98. The zero-order valence-electron chi connectivity index (χ0n) is 17.0. The summed E-state index contributed by atoms with van der Waals surface area (Å²) in [5.74, 6) is 0.428. The molecule has 0 aliphatic carbocycles. The van der Waals surface area contributed by atoms with Crippen molar-refractivity contribution in [3.05, 3.63) is 38.0 Å². The van der Waals surface area contributed by atoms with E-state index in [9.17, 15) is 23.7 Å². The minimum Gasteiger partial charge on any atom is -0.504 e. The third-order valence-electron chi connectivity index (χ3n) is 5.14. The molecule has 1 aliphatic rings. The molecule has 0 amide bonds. The van der Waals surface area contributed by atoms with Gasteiger partial charge in [0.15, 0.2) is 21.3 Å². The number of sulfone groups is 1. The second kappa shape index (κ2) is 10.3. The molecule has 29 heavy (non-hydrogen) atoms. The zero-order valence-corrected chi connectivity index (χ0v) is 20.0. The summed E-state index contributed by atoms with van der Waals surface area (Å²) < 4.78 is 30.5. The average molecular weight is 536 g/mol. The van der Waals surface area contributed by atoms with E-state index in [0.29, 0.717) is 34.2 Å². The molecular weight excluding hydrogens is 507 g/mol. The number of phenols is 1. The summed E-state index contributed by atoms with van der Waals surface area (Å²) >= 11 is 2.04. The molecule has 0 saturated carbocycles. The largest absolute Gasteiger partial charge is 0.504 e. The number of ether oxygens (including phenoxy) is 1. The Hall–Kier alpha value is -1.10. The minimum absolute atomic E-state index is 0.0704. The Bertz CT molecular complexity index is 904. The number of aromatic hydroxyl groups is 1. The smallest absolute Gasteiger partial charge is 0.171 e. The van der Waals surface area contributed by atoms with Gasteiger partial charge in [0.1, 0.15) is 5.25 Å². The Labute approximate surface area is 186 Å². The first kappa shape index (κ1) is 24.2. The molecule has 1 heterocycles. The van der Waals surface area contributed by atoms with Crippen LogP contribution >= 0.6 is 22.6 Å². The Morgan fingerprint density at radius 1 is 1.41 bits per heavy atom. The lowest BCUT2D eigenvalue weighted by Gasteiger charge is -2.19. The van der Waals surface area contributed by atoms with Crippen LogP contribution in [0.5, 0.6) is 11.5 Å². The SMILES string of the molecule is CCCC1=C([C@H](O)CC/C(C)=C/c2cc(I)c(O)c(OC)c2)[C@H](CO)S(=O)(=O)C1. The molecule has 3 N–H and O–H groups in total. The number of phenolic OH excluding ortho intramolecular Hbond substituents is 1. The molecule has 0 radical (unpaired) electrons. The number of hydrogen-bond acceptors (Lipinski definition) is 6. The van der Waals surface area contributed by atoms with Crippen molar-refractivity contribution in [1.82, 2.24) is 0 Å². The molecule has 0 spiro atoms. The topological polar surface area (TPSA) is 104 Å². The quantitative estimate of drug-likeness (QED) is 0.330. The number of rotatable bonds is 9. The summed E-state index contributed by atoms with van der Waals surface area (Å²) in [4.78, 5) is 0. The molecule has 1 aromatic carbocycles. The maximum atomic E-state index is 12.3. The van der Waals surface area contributed by atoms with E-state index in [0.717, 1.165) is 23.1 Å². The van der Waals surface area contributed by atoms with Gasteiger partial charge in [-0.05, 0) is 72.0 Å². The van der Waals surface area contributed by atoms with Gasteiger partial charge in [-0.1, -0.05) is 30.6 Å². The van der Waals surface area contributed by atoms with Crippen molar-refractivity contribution in [2.75, 3.05) is 19.5 Å². The summed E-state index contributed by atoms with van der Waals surface area (Å²) in [5, 5.41) is 29.3. The van der Waals surface area contributed by atoms with Gasteiger partial charge < -0.3 is 20.1 Å². The van der Waals surface area contributed by atoms with Crippen molar-refractivity contribution in [1.29, 1.82) is 0 Å². The standard InChI is InChI=1S/C21H29IO6S/c1-4-5-15-12-29(26,27)19(11-23)20(15)17(24)7-6-13(2)8-14-9-16(22)21(25)18(10-14)28-3/h8-10,17,19,23-25H,4-7,11-12H2,1-3H3/b13-8+/t17-,19+/m1/s1. The van der Waals surface area contributed by atoms with Gasteiger partial charge in [-0.3, -0.25) is 0 Å². The maximum absolute atomic E-state index is 12.3. The Kier molecular flexibility index (Phi) is 8.57. The van der Waals surface area contributed by atoms with Gasteiger partial charge in [0.05, 0.1) is 29.1 Å². The molecule has 162 valence electrons. The fraction of sp³-hybridized carbons (Fsp3) is 0.524. The molecule has 2 atom stereocenters. The molecule has 6 nitrogen and oxygen atoms in total. The van der Waals surface area contributed by atoms with Crippen molar-refractivity contribution in [2.45, 2.75) is 50.9 Å². The Morgan fingerprint density at radius 2 is 2.10 bits per heavy atom. The fourth-order valence-electron chi connectivity index (χ4n) is 3.74. The van der Waals surface area contributed by atoms with E-state index in [4.69, 9.17) is 4.74 Å². The van der Waals surface area contributed by atoms with Gasteiger partial charge in [0.2, 0.25) is 0 Å². The van der Waals surface area contributed by atoms with Crippen LogP contribution in [-0.2, 0) is 9.84 Å². The first-order chi connectivity index (χ1) is 13.6. The summed E-state index contributed by atoms with van der Waals surface area (Å²) in [7, 11) is -1.95. The van der Waals surface area contributed by atoms with Gasteiger partial charge >= 0.3 is 0 Å². The van der Waals surface area contributed by atoms with Crippen LogP contribution in [0.15, 0.2) is 28.9 Å². The summed E-state index contributed by atoms with van der Waals surface area (Å²) in [6, 6.07) is 3.58. The van der Waals surface area contributed by atoms with Crippen LogP contribution in [0, 0.1) is 3.57 Å².